The van der Waals surface area contributed by atoms with E-state index < -0.39 is 0 Å². The Morgan fingerprint density at radius 2 is 2.12 bits per heavy atom. The summed E-state index contributed by atoms with van der Waals surface area (Å²) < 4.78 is 2.28. The van der Waals surface area contributed by atoms with Crippen LogP contribution in [-0.4, -0.2) is 14.5 Å². The molecule has 2 heterocycles. The third kappa shape index (κ3) is 2.84. The van der Waals surface area contributed by atoms with Crippen LogP contribution in [0.2, 0.25) is 0 Å². The van der Waals surface area contributed by atoms with Crippen molar-refractivity contribution in [2.45, 2.75) is 46.6 Å². The Kier molecular flexibility index (Phi) is 3.77. The van der Waals surface area contributed by atoms with Gasteiger partial charge in [0, 0.05) is 12.7 Å². The lowest BCUT2D eigenvalue weighted by Gasteiger charge is -2.07. The molecule has 0 amide bonds. The van der Waals surface area contributed by atoms with Gasteiger partial charge in [-0.25, -0.2) is 4.98 Å². The molecule has 92 valence electrons. The summed E-state index contributed by atoms with van der Waals surface area (Å²) in [6, 6.07) is 1.98. The first-order valence-corrected chi connectivity index (χ1v) is 6.45. The van der Waals surface area contributed by atoms with Crippen LogP contribution in [0.5, 0.6) is 0 Å². The molecule has 0 bridgehead atoms. The van der Waals surface area contributed by atoms with Crippen LogP contribution in [0.1, 0.15) is 38.9 Å². The minimum atomic E-state index is 0.803. The molecular weight excluding hydrogens is 210 g/mol. The Morgan fingerprint density at radius 1 is 1.29 bits per heavy atom. The van der Waals surface area contributed by atoms with E-state index in [2.05, 4.69) is 35.3 Å². The van der Waals surface area contributed by atoms with Crippen LogP contribution in [0.15, 0.2) is 18.5 Å². The van der Waals surface area contributed by atoms with Gasteiger partial charge in [0.2, 0.25) is 0 Å². The smallest absolute Gasteiger partial charge is 0.106 e. The van der Waals surface area contributed by atoms with Crippen molar-refractivity contribution < 1.29 is 0 Å². The maximum absolute atomic E-state index is 4.55. The number of rotatable bonds is 5. The molecule has 17 heavy (non-hydrogen) atoms. The van der Waals surface area contributed by atoms with E-state index in [0.717, 1.165) is 29.3 Å². The SMILES string of the molecule is Cc1nc2ccncc2n1CCCCC(C)C. The number of unbranched alkanes of at least 4 members (excludes halogenated alkanes) is 1. The zero-order chi connectivity index (χ0) is 12.3. The van der Waals surface area contributed by atoms with Crippen molar-refractivity contribution in [3.05, 3.63) is 24.3 Å². The molecule has 0 radical (unpaired) electrons. The second-order valence-corrected chi connectivity index (χ2v) is 5.06. The highest BCUT2D eigenvalue weighted by Crippen LogP contribution is 2.16. The minimum Gasteiger partial charge on any atom is -0.327 e. The average Bonchev–Trinajstić information content (AvgIpc) is 2.60. The highest BCUT2D eigenvalue weighted by Gasteiger charge is 2.06. The van der Waals surface area contributed by atoms with Gasteiger partial charge in [-0.15, -0.1) is 0 Å². The van der Waals surface area contributed by atoms with Gasteiger partial charge in [-0.2, -0.15) is 0 Å². The predicted octanol–water partition coefficient (Wildman–Crippen LogP) is 3.57. The number of fused-ring (bicyclic) bond motifs is 1. The van der Waals surface area contributed by atoms with Crippen LogP contribution < -0.4 is 0 Å². The molecule has 0 atom stereocenters. The Labute approximate surface area is 103 Å². The van der Waals surface area contributed by atoms with E-state index >= 15 is 0 Å². The molecule has 0 aliphatic rings. The van der Waals surface area contributed by atoms with E-state index in [-0.39, 0.29) is 0 Å². The first kappa shape index (κ1) is 12.1. The summed E-state index contributed by atoms with van der Waals surface area (Å²) in [4.78, 5) is 8.73. The van der Waals surface area contributed by atoms with Crippen molar-refractivity contribution in [2.24, 2.45) is 5.92 Å². The third-order valence-electron chi connectivity index (χ3n) is 3.15. The summed E-state index contributed by atoms with van der Waals surface area (Å²) in [5, 5.41) is 0. The van der Waals surface area contributed by atoms with Crippen LogP contribution in [-0.2, 0) is 6.54 Å². The van der Waals surface area contributed by atoms with E-state index in [4.69, 9.17) is 0 Å². The van der Waals surface area contributed by atoms with E-state index in [9.17, 15) is 0 Å². The first-order valence-electron chi connectivity index (χ1n) is 6.45. The van der Waals surface area contributed by atoms with Crippen molar-refractivity contribution in [3.63, 3.8) is 0 Å². The first-order chi connectivity index (χ1) is 8.18. The largest absolute Gasteiger partial charge is 0.327 e. The Bertz CT molecular complexity index is 485. The molecule has 2 rings (SSSR count). The second-order valence-electron chi connectivity index (χ2n) is 5.06. The zero-order valence-electron chi connectivity index (χ0n) is 11.0. The molecule has 0 N–H and O–H groups in total. The van der Waals surface area contributed by atoms with Crippen LogP contribution in [0, 0.1) is 12.8 Å². The maximum atomic E-state index is 4.55. The number of aromatic nitrogens is 3. The van der Waals surface area contributed by atoms with Gasteiger partial charge in [-0.3, -0.25) is 4.98 Å². The number of nitrogens with zero attached hydrogens (tertiary/aromatic N) is 3. The van der Waals surface area contributed by atoms with Gasteiger partial charge in [-0.1, -0.05) is 26.7 Å². The highest BCUT2D eigenvalue weighted by molar-refractivity contribution is 5.74. The summed E-state index contributed by atoms with van der Waals surface area (Å²) in [6.45, 7) is 7.69. The summed E-state index contributed by atoms with van der Waals surface area (Å²) in [5.41, 5.74) is 2.22. The van der Waals surface area contributed by atoms with E-state index in [0.29, 0.717) is 0 Å². The van der Waals surface area contributed by atoms with E-state index in [1.165, 1.54) is 19.3 Å². The quantitative estimate of drug-likeness (QED) is 0.736. The molecule has 0 saturated heterocycles. The summed E-state index contributed by atoms with van der Waals surface area (Å²) in [7, 11) is 0. The van der Waals surface area contributed by atoms with E-state index in [1.807, 2.05) is 12.3 Å². The van der Waals surface area contributed by atoms with Gasteiger partial charge in [0.25, 0.3) is 0 Å². The number of hydrogen-bond donors (Lipinski definition) is 0. The Balaban J connectivity index is 2.05. The lowest BCUT2D eigenvalue weighted by molar-refractivity contribution is 0.509. The number of pyridine rings is 1. The van der Waals surface area contributed by atoms with Gasteiger partial charge in [-0.05, 0) is 25.3 Å². The lowest BCUT2D eigenvalue weighted by Crippen LogP contribution is -2.01. The zero-order valence-corrected chi connectivity index (χ0v) is 11.0. The van der Waals surface area contributed by atoms with Crippen LogP contribution in [0.25, 0.3) is 11.0 Å². The molecule has 0 aromatic carbocycles. The maximum Gasteiger partial charge on any atom is 0.106 e. The van der Waals surface area contributed by atoms with Crippen molar-refractivity contribution >= 4 is 11.0 Å². The number of imidazole rings is 1. The third-order valence-corrected chi connectivity index (χ3v) is 3.15. The van der Waals surface area contributed by atoms with Crippen molar-refractivity contribution in [2.75, 3.05) is 0 Å². The van der Waals surface area contributed by atoms with Crippen LogP contribution >= 0.6 is 0 Å². The average molecular weight is 231 g/mol. The summed E-state index contributed by atoms with van der Waals surface area (Å²) in [6.07, 6.45) is 7.54. The normalized spacial score (nSPS) is 11.5. The molecule has 0 aliphatic heterocycles. The standard InChI is InChI=1S/C14H21N3/c1-11(2)6-4-5-9-17-12(3)16-13-7-8-15-10-14(13)17/h7-8,10-11H,4-6,9H2,1-3H3. The van der Waals surface area contributed by atoms with Gasteiger partial charge in [0.05, 0.1) is 17.2 Å². The number of aryl methyl sites for hydroxylation is 2. The Hall–Kier alpha value is -1.38. The fourth-order valence-corrected chi connectivity index (χ4v) is 2.20. The fraction of sp³-hybridized carbons (Fsp3) is 0.571. The summed E-state index contributed by atoms with van der Waals surface area (Å²) in [5.74, 6) is 1.90. The molecule has 2 aromatic rings. The molecule has 3 heteroatoms. The fourth-order valence-electron chi connectivity index (χ4n) is 2.20. The summed E-state index contributed by atoms with van der Waals surface area (Å²) >= 11 is 0. The monoisotopic (exact) mass is 231 g/mol. The van der Waals surface area contributed by atoms with Gasteiger partial charge in [0.15, 0.2) is 0 Å². The van der Waals surface area contributed by atoms with E-state index in [1.54, 1.807) is 6.20 Å². The van der Waals surface area contributed by atoms with Crippen molar-refractivity contribution in [1.82, 2.24) is 14.5 Å². The molecular formula is C14H21N3. The van der Waals surface area contributed by atoms with Gasteiger partial charge in [0.1, 0.15) is 5.82 Å². The van der Waals surface area contributed by atoms with Crippen molar-refractivity contribution in [1.29, 1.82) is 0 Å². The molecule has 0 saturated carbocycles. The van der Waals surface area contributed by atoms with Crippen molar-refractivity contribution in [3.8, 4) is 0 Å². The Morgan fingerprint density at radius 3 is 2.88 bits per heavy atom. The molecule has 0 spiro atoms. The van der Waals surface area contributed by atoms with Gasteiger partial charge >= 0.3 is 0 Å². The van der Waals surface area contributed by atoms with Crippen LogP contribution in [0.3, 0.4) is 0 Å². The minimum absolute atomic E-state index is 0.803. The lowest BCUT2D eigenvalue weighted by atomic mass is 10.1. The topological polar surface area (TPSA) is 30.7 Å². The van der Waals surface area contributed by atoms with Crippen LogP contribution in [0.4, 0.5) is 0 Å². The predicted molar refractivity (Wildman–Crippen MR) is 71.0 cm³/mol. The molecule has 0 unspecified atom stereocenters. The van der Waals surface area contributed by atoms with Gasteiger partial charge < -0.3 is 4.57 Å². The molecule has 0 aliphatic carbocycles. The molecule has 0 fully saturated rings. The highest BCUT2D eigenvalue weighted by atomic mass is 15.1. The second kappa shape index (κ2) is 5.30. The number of hydrogen-bond acceptors (Lipinski definition) is 2. The molecule has 2 aromatic heterocycles. The molecule has 3 nitrogen and oxygen atoms in total.